The highest BCUT2D eigenvalue weighted by molar-refractivity contribution is 5.82. The lowest BCUT2D eigenvalue weighted by Crippen LogP contribution is -2.46. The third-order valence-electron chi connectivity index (χ3n) is 4.92. The number of carbonyl (C=O) groups excluding carboxylic acids is 1. The summed E-state index contributed by atoms with van der Waals surface area (Å²) in [5.74, 6) is 0.689. The number of rotatable bonds is 5. The van der Waals surface area contributed by atoms with Crippen LogP contribution in [-0.2, 0) is 11.3 Å². The fourth-order valence-corrected chi connectivity index (χ4v) is 3.59. The molecule has 1 amide bonds. The van der Waals surface area contributed by atoms with Gasteiger partial charge >= 0.3 is 5.69 Å². The average Bonchev–Trinajstić information content (AvgIpc) is 3.07. The van der Waals surface area contributed by atoms with Gasteiger partial charge in [-0.25, -0.2) is 4.79 Å². The largest absolute Gasteiger partial charge is 0.351 e. The first-order valence-corrected chi connectivity index (χ1v) is 8.43. The number of nitrogens with one attached hydrogen (secondary N) is 3. The first-order valence-electron chi connectivity index (χ1n) is 8.43. The Morgan fingerprint density at radius 2 is 1.96 bits per heavy atom. The lowest BCUT2D eigenvalue weighted by Gasteiger charge is -2.26. The average molecular weight is 314 g/mol. The summed E-state index contributed by atoms with van der Waals surface area (Å²) in [4.78, 5) is 31.8. The predicted molar refractivity (Wildman–Crippen MR) is 88.1 cm³/mol. The molecular formula is C17H22N4O2. The number of carbonyl (C=O) groups is 1. The molecule has 0 radical (unpaired) electrons. The van der Waals surface area contributed by atoms with Crippen molar-refractivity contribution in [3.05, 3.63) is 34.2 Å². The van der Waals surface area contributed by atoms with Crippen molar-refractivity contribution in [2.45, 2.75) is 38.3 Å². The van der Waals surface area contributed by atoms with E-state index in [-0.39, 0.29) is 17.6 Å². The number of H-pyrrole nitrogens is 2. The molecule has 1 saturated carbocycles. The first kappa shape index (κ1) is 14.5. The summed E-state index contributed by atoms with van der Waals surface area (Å²) >= 11 is 0. The molecular weight excluding hydrogens is 292 g/mol. The van der Waals surface area contributed by atoms with Crippen LogP contribution in [0.2, 0.25) is 0 Å². The lowest BCUT2D eigenvalue weighted by molar-refractivity contribution is -0.127. The Hall–Kier alpha value is -2.08. The second-order valence-electron chi connectivity index (χ2n) is 6.70. The molecule has 1 aliphatic carbocycles. The van der Waals surface area contributed by atoms with Crippen LogP contribution in [0.15, 0.2) is 23.0 Å². The van der Waals surface area contributed by atoms with Crippen molar-refractivity contribution in [1.29, 1.82) is 0 Å². The van der Waals surface area contributed by atoms with Gasteiger partial charge in [0.1, 0.15) is 0 Å². The smallest absolute Gasteiger partial charge is 0.323 e. The summed E-state index contributed by atoms with van der Waals surface area (Å²) in [5, 5.41) is 3.09. The van der Waals surface area contributed by atoms with E-state index in [0.29, 0.717) is 12.5 Å². The monoisotopic (exact) mass is 314 g/mol. The minimum Gasteiger partial charge on any atom is -0.351 e. The van der Waals surface area contributed by atoms with E-state index in [1.807, 2.05) is 18.2 Å². The first-order chi connectivity index (χ1) is 11.2. The highest BCUT2D eigenvalue weighted by Crippen LogP contribution is 2.36. The van der Waals surface area contributed by atoms with Gasteiger partial charge in [0.2, 0.25) is 5.91 Å². The molecule has 1 aliphatic heterocycles. The Morgan fingerprint density at radius 1 is 1.22 bits per heavy atom. The molecule has 1 aromatic carbocycles. The predicted octanol–water partition coefficient (Wildman–Crippen LogP) is 1.35. The zero-order valence-electron chi connectivity index (χ0n) is 13.1. The zero-order valence-corrected chi connectivity index (χ0v) is 13.1. The van der Waals surface area contributed by atoms with Crippen LogP contribution in [0.5, 0.6) is 0 Å². The number of likely N-dealkylation sites (tertiary alicyclic amines) is 1. The van der Waals surface area contributed by atoms with Crippen molar-refractivity contribution in [2.75, 3.05) is 13.1 Å². The maximum atomic E-state index is 12.6. The van der Waals surface area contributed by atoms with Gasteiger partial charge < -0.3 is 15.3 Å². The van der Waals surface area contributed by atoms with Crippen molar-refractivity contribution in [2.24, 2.45) is 5.92 Å². The highest BCUT2D eigenvalue weighted by atomic mass is 16.2. The van der Waals surface area contributed by atoms with Gasteiger partial charge in [0.25, 0.3) is 0 Å². The SMILES string of the molecule is O=C(NCc1ccc2[nH]c(=O)[nH]c2c1)C(C1CC1)N1CCCC1. The molecule has 4 rings (SSSR count). The summed E-state index contributed by atoms with van der Waals surface area (Å²) in [6, 6.07) is 5.77. The fraction of sp³-hybridized carbons (Fsp3) is 0.529. The summed E-state index contributed by atoms with van der Waals surface area (Å²) in [6.45, 7) is 2.59. The summed E-state index contributed by atoms with van der Waals surface area (Å²) in [7, 11) is 0. The van der Waals surface area contributed by atoms with E-state index in [2.05, 4.69) is 20.2 Å². The van der Waals surface area contributed by atoms with Gasteiger partial charge in [0, 0.05) is 6.54 Å². The van der Waals surface area contributed by atoms with Gasteiger partial charge in [-0.1, -0.05) is 6.07 Å². The molecule has 0 spiro atoms. The molecule has 1 saturated heterocycles. The Bertz CT molecular complexity index is 768. The van der Waals surface area contributed by atoms with Crippen LogP contribution in [0.1, 0.15) is 31.2 Å². The van der Waals surface area contributed by atoms with Gasteiger partial charge in [-0.3, -0.25) is 9.69 Å². The Labute approximate surface area is 134 Å². The molecule has 23 heavy (non-hydrogen) atoms. The zero-order chi connectivity index (χ0) is 15.8. The highest BCUT2D eigenvalue weighted by Gasteiger charge is 2.40. The van der Waals surface area contributed by atoms with Crippen molar-refractivity contribution in [3.8, 4) is 0 Å². The molecule has 1 aromatic heterocycles. The Kier molecular flexibility index (Phi) is 3.69. The summed E-state index contributed by atoms with van der Waals surface area (Å²) in [6.07, 6.45) is 4.75. The summed E-state index contributed by atoms with van der Waals surface area (Å²) < 4.78 is 0. The second-order valence-corrected chi connectivity index (χ2v) is 6.70. The third kappa shape index (κ3) is 3.03. The third-order valence-corrected chi connectivity index (χ3v) is 4.92. The second kappa shape index (κ2) is 5.85. The van der Waals surface area contributed by atoms with Crippen molar-refractivity contribution < 1.29 is 4.79 Å². The van der Waals surface area contributed by atoms with E-state index in [1.165, 1.54) is 25.7 Å². The molecule has 1 unspecified atom stereocenters. The van der Waals surface area contributed by atoms with Gasteiger partial charge in [0.05, 0.1) is 17.1 Å². The molecule has 3 N–H and O–H groups in total. The maximum Gasteiger partial charge on any atom is 0.323 e. The molecule has 122 valence electrons. The van der Waals surface area contributed by atoms with E-state index in [4.69, 9.17) is 0 Å². The fourth-order valence-electron chi connectivity index (χ4n) is 3.59. The minimum atomic E-state index is -0.205. The molecule has 6 nitrogen and oxygen atoms in total. The summed E-state index contributed by atoms with van der Waals surface area (Å²) in [5.41, 5.74) is 2.36. The Morgan fingerprint density at radius 3 is 2.70 bits per heavy atom. The van der Waals surface area contributed by atoms with Gasteiger partial charge in [-0.05, 0) is 62.4 Å². The molecule has 1 atom stereocenters. The molecule has 2 fully saturated rings. The van der Waals surface area contributed by atoms with Gasteiger partial charge in [-0.15, -0.1) is 0 Å². The molecule has 6 heteroatoms. The standard InChI is InChI=1S/C17H22N4O2/c22-16(15(12-4-5-12)21-7-1-2-8-21)18-10-11-3-6-13-14(9-11)20-17(23)19-13/h3,6,9,12,15H,1-2,4-5,7-8,10H2,(H,18,22)(H2,19,20,23). The minimum absolute atomic E-state index is 0.0493. The number of aromatic nitrogens is 2. The van der Waals surface area contributed by atoms with E-state index >= 15 is 0 Å². The van der Waals surface area contributed by atoms with Crippen LogP contribution in [0.3, 0.4) is 0 Å². The van der Waals surface area contributed by atoms with Crippen LogP contribution in [0.4, 0.5) is 0 Å². The van der Waals surface area contributed by atoms with E-state index < -0.39 is 0 Å². The number of imidazole rings is 1. The number of hydrogen-bond donors (Lipinski definition) is 3. The molecule has 2 aliphatic rings. The number of aromatic amines is 2. The molecule has 2 heterocycles. The molecule has 2 aromatic rings. The van der Waals surface area contributed by atoms with E-state index in [0.717, 1.165) is 29.7 Å². The van der Waals surface area contributed by atoms with Gasteiger partial charge in [0.15, 0.2) is 0 Å². The normalized spacial score (nSPS) is 20.0. The lowest BCUT2D eigenvalue weighted by atomic mass is 10.1. The van der Waals surface area contributed by atoms with Crippen molar-refractivity contribution >= 4 is 16.9 Å². The topological polar surface area (TPSA) is 81.0 Å². The van der Waals surface area contributed by atoms with Crippen LogP contribution in [-0.4, -0.2) is 39.9 Å². The number of nitrogens with zero attached hydrogens (tertiary/aromatic N) is 1. The van der Waals surface area contributed by atoms with Gasteiger partial charge in [-0.2, -0.15) is 0 Å². The number of amides is 1. The quantitative estimate of drug-likeness (QED) is 0.779. The van der Waals surface area contributed by atoms with Crippen molar-refractivity contribution in [3.63, 3.8) is 0 Å². The van der Waals surface area contributed by atoms with Crippen molar-refractivity contribution in [1.82, 2.24) is 20.2 Å². The van der Waals surface area contributed by atoms with E-state index in [9.17, 15) is 9.59 Å². The van der Waals surface area contributed by atoms with E-state index in [1.54, 1.807) is 0 Å². The number of benzene rings is 1. The van der Waals surface area contributed by atoms with Crippen LogP contribution >= 0.6 is 0 Å². The van der Waals surface area contributed by atoms with Crippen LogP contribution in [0.25, 0.3) is 11.0 Å². The van der Waals surface area contributed by atoms with Crippen LogP contribution < -0.4 is 11.0 Å². The van der Waals surface area contributed by atoms with Crippen LogP contribution in [0, 0.1) is 5.92 Å². The Balaban J connectivity index is 1.43. The number of fused-ring (bicyclic) bond motifs is 1. The molecule has 0 bridgehead atoms. The maximum absolute atomic E-state index is 12.6. The number of hydrogen-bond acceptors (Lipinski definition) is 3.